The summed E-state index contributed by atoms with van der Waals surface area (Å²) in [7, 11) is 0. The SMILES string of the molecule is Cc1cc(C)nc(NCCCNCc2sccc2C)n1. The van der Waals surface area contributed by atoms with E-state index in [2.05, 4.69) is 39.0 Å². The van der Waals surface area contributed by atoms with Crippen LogP contribution in [0.4, 0.5) is 5.95 Å². The molecule has 2 aromatic rings. The number of rotatable bonds is 7. The van der Waals surface area contributed by atoms with E-state index in [1.54, 1.807) is 0 Å². The van der Waals surface area contributed by atoms with Crippen molar-refractivity contribution in [2.24, 2.45) is 0 Å². The molecular weight excluding hydrogens is 268 g/mol. The lowest BCUT2D eigenvalue weighted by atomic mass is 10.3. The standard InChI is InChI=1S/C15H22N4S/c1-11-5-8-20-14(11)10-16-6-4-7-17-15-18-12(2)9-13(3)19-15/h5,8-9,16H,4,6-7,10H2,1-3H3,(H,17,18,19). The fraction of sp³-hybridized carbons (Fsp3) is 0.467. The van der Waals surface area contributed by atoms with E-state index in [0.29, 0.717) is 0 Å². The van der Waals surface area contributed by atoms with Gasteiger partial charge < -0.3 is 10.6 Å². The Morgan fingerprint density at radius 2 is 1.85 bits per heavy atom. The van der Waals surface area contributed by atoms with E-state index in [1.807, 2.05) is 31.3 Å². The molecule has 2 aromatic heterocycles. The number of nitrogens with zero attached hydrogens (tertiary/aromatic N) is 2. The van der Waals surface area contributed by atoms with Gasteiger partial charge in [-0.05, 0) is 56.8 Å². The van der Waals surface area contributed by atoms with Gasteiger partial charge in [-0.25, -0.2) is 9.97 Å². The Balaban J connectivity index is 1.63. The van der Waals surface area contributed by atoms with Crippen molar-refractivity contribution < 1.29 is 0 Å². The zero-order chi connectivity index (χ0) is 14.4. The van der Waals surface area contributed by atoms with Crippen LogP contribution in [0.3, 0.4) is 0 Å². The van der Waals surface area contributed by atoms with Crippen LogP contribution in [0.5, 0.6) is 0 Å². The Bertz CT molecular complexity index is 530. The lowest BCUT2D eigenvalue weighted by Crippen LogP contribution is -2.18. The first-order valence-corrected chi connectivity index (χ1v) is 7.83. The maximum atomic E-state index is 4.36. The van der Waals surface area contributed by atoms with Crippen molar-refractivity contribution in [3.8, 4) is 0 Å². The third-order valence-corrected chi connectivity index (χ3v) is 4.07. The largest absolute Gasteiger partial charge is 0.354 e. The molecule has 0 spiro atoms. The van der Waals surface area contributed by atoms with Gasteiger partial charge in [0.15, 0.2) is 0 Å². The third-order valence-electron chi connectivity index (χ3n) is 3.05. The van der Waals surface area contributed by atoms with Gasteiger partial charge >= 0.3 is 0 Å². The van der Waals surface area contributed by atoms with Gasteiger partial charge in [0, 0.05) is 29.4 Å². The first kappa shape index (κ1) is 14.9. The van der Waals surface area contributed by atoms with Crippen LogP contribution in [0.25, 0.3) is 0 Å². The van der Waals surface area contributed by atoms with Gasteiger partial charge in [0.05, 0.1) is 0 Å². The lowest BCUT2D eigenvalue weighted by Gasteiger charge is -2.07. The average molecular weight is 290 g/mol. The molecule has 0 aliphatic rings. The molecule has 0 aromatic carbocycles. The topological polar surface area (TPSA) is 49.8 Å². The van der Waals surface area contributed by atoms with Crippen molar-refractivity contribution in [1.29, 1.82) is 0 Å². The highest BCUT2D eigenvalue weighted by atomic mass is 32.1. The van der Waals surface area contributed by atoms with E-state index in [0.717, 1.165) is 43.4 Å². The van der Waals surface area contributed by atoms with Crippen LogP contribution < -0.4 is 10.6 Å². The van der Waals surface area contributed by atoms with E-state index in [9.17, 15) is 0 Å². The summed E-state index contributed by atoms with van der Waals surface area (Å²) in [4.78, 5) is 10.2. The van der Waals surface area contributed by atoms with Crippen LogP contribution in [0.1, 0.15) is 28.2 Å². The average Bonchev–Trinajstić information content (AvgIpc) is 2.78. The van der Waals surface area contributed by atoms with Crippen molar-refractivity contribution in [1.82, 2.24) is 15.3 Å². The summed E-state index contributed by atoms with van der Waals surface area (Å²) in [6, 6.07) is 4.15. The highest BCUT2D eigenvalue weighted by Crippen LogP contribution is 2.14. The van der Waals surface area contributed by atoms with Crippen LogP contribution in [0, 0.1) is 20.8 Å². The molecule has 2 rings (SSSR count). The summed E-state index contributed by atoms with van der Waals surface area (Å²) < 4.78 is 0. The monoisotopic (exact) mass is 290 g/mol. The Labute approximate surface area is 124 Å². The quantitative estimate of drug-likeness (QED) is 0.770. The number of hydrogen-bond acceptors (Lipinski definition) is 5. The summed E-state index contributed by atoms with van der Waals surface area (Å²) in [5.41, 5.74) is 3.39. The molecule has 0 unspecified atom stereocenters. The third kappa shape index (κ3) is 4.58. The van der Waals surface area contributed by atoms with Gasteiger partial charge in [0.2, 0.25) is 5.95 Å². The van der Waals surface area contributed by atoms with Gasteiger partial charge in [0.1, 0.15) is 0 Å². The molecule has 0 aliphatic carbocycles. The molecule has 2 N–H and O–H groups in total. The molecule has 0 aliphatic heterocycles. The second kappa shape index (κ2) is 7.36. The number of nitrogens with one attached hydrogen (secondary N) is 2. The van der Waals surface area contributed by atoms with Gasteiger partial charge in [0.25, 0.3) is 0 Å². The smallest absolute Gasteiger partial charge is 0.223 e. The number of hydrogen-bond donors (Lipinski definition) is 2. The zero-order valence-electron chi connectivity index (χ0n) is 12.4. The van der Waals surface area contributed by atoms with E-state index in [1.165, 1.54) is 10.4 Å². The van der Waals surface area contributed by atoms with Crippen molar-refractivity contribution in [2.75, 3.05) is 18.4 Å². The van der Waals surface area contributed by atoms with Crippen LogP contribution in [0.15, 0.2) is 17.5 Å². The van der Waals surface area contributed by atoms with Gasteiger partial charge in [-0.3, -0.25) is 0 Å². The Kier molecular flexibility index (Phi) is 5.49. The predicted octanol–water partition coefficient (Wildman–Crippen LogP) is 3.06. The summed E-state index contributed by atoms with van der Waals surface area (Å²) in [6.45, 7) is 8.99. The van der Waals surface area contributed by atoms with E-state index in [4.69, 9.17) is 0 Å². The van der Waals surface area contributed by atoms with Crippen molar-refractivity contribution >= 4 is 17.3 Å². The fourth-order valence-electron chi connectivity index (χ4n) is 2.01. The molecular formula is C15H22N4S. The lowest BCUT2D eigenvalue weighted by molar-refractivity contribution is 0.666. The fourth-order valence-corrected chi connectivity index (χ4v) is 2.88. The van der Waals surface area contributed by atoms with Crippen LogP contribution in [-0.2, 0) is 6.54 Å². The molecule has 4 nitrogen and oxygen atoms in total. The van der Waals surface area contributed by atoms with E-state index < -0.39 is 0 Å². The maximum absolute atomic E-state index is 4.36. The van der Waals surface area contributed by atoms with Crippen molar-refractivity contribution in [3.05, 3.63) is 39.3 Å². The minimum absolute atomic E-state index is 0.733. The molecule has 108 valence electrons. The van der Waals surface area contributed by atoms with Crippen LogP contribution in [0.2, 0.25) is 0 Å². The van der Waals surface area contributed by atoms with Gasteiger partial charge in [-0.2, -0.15) is 0 Å². The highest BCUT2D eigenvalue weighted by Gasteiger charge is 2.00. The second-order valence-corrected chi connectivity index (χ2v) is 5.96. The van der Waals surface area contributed by atoms with Crippen molar-refractivity contribution in [3.63, 3.8) is 0 Å². The van der Waals surface area contributed by atoms with E-state index in [-0.39, 0.29) is 0 Å². The summed E-state index contributed by atoms with van der Waals surface area (Å²) in [5.74, 6) is 0.733. The second-order valence-electron chi connectivity index (χ2n) is 4.96. The first-order valence-electron chi connectivity index (χ1n) is 6.95. The number of aryl methyl sites for hydroxylation is 3. The highest BCUT2D eigenvalue weighted by molar-refractivity contribution is 7.10. The summed E-state index contributed by atoms with van der Waals surface area (Å²) >= 11 is 1.82. The number of thiophene rings is 1. The number of anilines is 1. The molecule has 0 amide bonds. The molecule has 0 atom stereocenters. The Hall–Kier alpha value is -1.46. The predicted molar refractivity (Wildman–Crippen MR) is 85.4 cm³/mol. The molecule has 0 bridgehead atoms. The first-order chi connectivity index (χ1) is 9.65. The molecule has 20 heavy (non-hydrogen) atoms. The Morgan fingerprint density at radius 1 is 1.10 bits per heavy atom. The normalized spacial score (nSPS) is 10.8. The zero-order valence-corrected chi connectivity index (χ0v) is 13.2. The molecule has 2 heterocycles. The minimum Gasteiger partial charge on any atom is -0.354 e. The molecule has 0 saturated heterocycles. The van der Waals surface area contributed by atoms with Crippen molar-refractivity contribution in [2.45, 2.75) is 33.7 Å². The summed E-state index contributed by atoms with van der Waals surface area (Å²) in [5, 5.41) is 8.88. The Morgan fingerprint density at radius 3 is 2.50 bits per heavy atom. The molecule has 0 radical (unpaired) electrons. The van der Waals surface area contributed by atoms with Crippen LogP contribution in [-0.4, -0.2) is 23.1 Å². The van der Waals surface area contributed by atoms with Crippen LogP contribution >= 0.6 is 11.3 Å². The maximum Gasteiger partial charge on any atom is 0.223 e. The van der Waals surface area contributed by atoms with Gasteiger partial charge in [-0.1, -0.05) is 0 Å². The molecule has 5 heteroatoms. The molecule has 0 fully saturated rings. The number of aromatic nitrogens is 2. The van der Waals surface area contributed by atoms with Gasteiger partial charge in [-0.15, -0.1) is 11.3 Å². The molecule has 0 saturated carbocycles. The van der Waals surface area contributed by atoms with E-state index >= 15 is 0 Å². The summed E-state index contributed by atoms with van der Waals surface area (Å²) in [6.07, 6.45) is 1.06. The minimum atomic E-state index is 0.733.